The molecule has 0 saturated heterocycles. The molecular weight excluding hydrogens is 310 g/mol. The molecule has 3 nitrogen and oxygen atoms in total. The summed E-state index contributed by atoms with van der Waals surface area (Å²) >= 11 is 0. The molecule has 2 aromatic rings. The maximum Gasteiger partial charge on any atom is 0.119 e. The molecule has 0 amide bonds. The number of benzene rings is 2. The summed E-state index contributed by atoms with van der Waals surface area (Å²) in [6.45, 7) is 7.98. The van der Waals surface area contributed by atoms with Gasteiger partial charge in [0.15, 0.2) is 0 Å². The van der Waals surface area contributed by atoms with Crippen molar-refractivity contribution in [1.29, 1.82) is 0 Å². The van der Waals surface area contributed by atoms with Gasteiger partial charge in [-0.05, 0) is 49.6 Å². The number of aliphatic hydroxyl groups excluding tert-OH is 1. The summed E-state index contributed by atoms with van der Waals surface area (Å²) in [5.74, 6) is 1.57. The van der Waals surface area contributed by atoms with Crippen molar-refractivity contribution in [3.8, 4) is 5.75 Å². The van der Waals surface area contributed by atoms with Crippen LogP contribution in [0.4, 0.5) is 0 Å². The van der Waals surface area contributed by atoms with Crippen LogP contribution in [0.1, 0.15) is 44.4 Å². The number of nitrogens with zero attached hydrogens (tertiary/aromatic N) is 1. The van der Waals surface area contributed by atoms with Crippen molar-refractivity contribution in [3.63, 3.8) is 0 Å². The number of hydrogen-bond acceptors (Lipinski definition) is 3. The molecule has 0 aliphatic rings. The van der Waals surface area contributed by atoms with E-state index in [1.807, 2.05) is 49.5 Å². The molecule has 0 saturated carbocycles. The van der Waals surface area contributed by atoms with E-state index >= 15 is 0 Å². The zero-order valence-electron chi connectivity index (χ0n) is 15.9. The fourth-order valence-electron chi connectivity index (χ4n) is 2.75. The first-order valence-corrected chi connectivity index (χ1v) is 9.12. The average Bonchev–Trinajstić information content (AvgIpc) is 2.61. The van der Waals surface area contributed by atoms with Gasteiger partial charge < -0.3 is 9.84 Å². The quantitative estimate of drug-likeness (QED) is 0.720. The van der Waals surface area contributed by atoms with Gasteiger partial charge in [0.05, 0.1) is 12.7 Å². The SMILES string of the molecule is CC(C)CCOc1cccc(CN(C)C(C)C(O)c2ccccc2)c1. The highest BCUT2D eigenvalue weighted by atomic mass is 16.5. The van der Waals surface area contributed by atoms with Crippen LogP contribution >= 0.6 is 0 Å². The molecular formula is C22H31NO2. The molecule has 2 unspecified atom stereocenters. The van der Waals surface area contributed by atoms with Crippen LogP contribution in [0.2, 0.25) is 0 Å². The third-order valence-electron chi connectivity index (χ3n) is 4.59. The Morgan fingerprint density at radius 3 is 2.40 bits per heavy atom. The van der Waals surface area contributed by atoms with Crippen molar-refractivity contribution >= 4 is 0 Å². The molecule has 0 radical (unpaired) electrons. The molecule has 0 aliphatic carbocycles. The summed E-state index contributed by atoms with van der Waals surface area (Å²) in [4.78, 5) is 2.17. The topological polar surface area (TPSA) is 32.7 Å². The predicted molar refractivity (Wildman–Crippen MR) is 104 cm³/mol. The highest BCUT2D eigenvalue weighted by molar-refractivity contribution is 5.28. The van der Waals surface area contributed by atoms with Crippen LogP contribution in [0.5, 0.6) is 5.75 Å². The second kappa shape index (κ2) is 9.59. The summed E-state index contributed by atoms with van der Waals surface area (Å²) in [7, 11) is 2.04. The first-order chi connectivity index (χ1) is 12.0. The van der Waals surface area contributed by atoms with E-state index in [4.69, 9.17) is 4.74 Å². The van der Waals surface area contributed by atoms with Crippen LogP contribution in [0.15, 0.2) is 54.6 Å². The lowest BCUT2D eigenvalue weighted by Gasteiger charge is -2.29. The van der Waals surface area contributed by atoms with Gasteiger partial charge in [-0.25, -0.2) is 0 Å². The van der Waals surface area contributed by atoms with Crippen LogP contribution in [0.3, 0.4) is 0 Å². The molecule has 2 rings (SSSR count). The first kappa shape index (κ1) is 19.5. The fraction of sp³-hybridized carbons (Fsp3) is 0.455. The first-order valence-electron chi connectivity index (χ1n) is 9.12. The molecule has 25 heavy (non-hydrogen) atoms. The van der Waals surface area contributed by atoms with Crippen molar-refractivity contribution in [1.82, 2.24) is 4.90 Å². The maximum atomic E-state index is 10.6. The number of hydrogen-bond donors (Lipinski definition) is 1. The van der Waals surface area contributed by atoms with Gasteiger partial charge in [-0.3, -0.25) is 4.90 Å². The van der Waals surface area contributed by atoms with E-state index in [0.29, 0.717) is 5.92 Å². The second-order valence-electron chi connectivity index (χ2n) is 7.19. The molecule has 0 heterocycles. The van der Waals surface area contributed by atoms with Crippen molar-refractivity contribution < 1.29 is 9.84 Å². The zero-order valence-corrected chi connectivity index (χ0v) is 15.9. The van der Waals surface area contributed by atoms with Gasteiger partial charge >= 0.3 is 0 Å². The number of ether oxygens (including phenoxy) is 1. The van der Waals surface area contributed by atoms with Gasteiger partial charge in [-0.1, -0.05) is 56.3 Å². The van der Waals surface area contributed by atoms with Crippen LogP contribution in [0, 0.1) is 5.92 Å². The van der Waals surface area contributed by atoms with Crippen molar-refractivity contribution in [3.05, 3.63) is 65.7 Å². The third kappa shape index (κ3) is 6.18. The van der Waals surface area contributed by atoms with Crippen molar-refractivity contribution in [2.24, 2.45) is 5.92 Å². The average molecular weight is 341 g/mol. The largest absolute Gasteiger partial charge is 0.494 e. The van der Waals surface area contributed by atoms with Crippen LogP contribution in [0.25, 0.3) is 0 Å². The predicted octanol–water partition coefficient (Wildman–Crippen LogP) is 4.67. The Labute approximate surface area is 152 Å². The van der Waals surface area contributed by atoms with Gasteiger partial charge in [0.1, 0.15) is 5.75 Å². The summed E-state index contributed by atoms with van der Waals surface area (Å²) < 4.78 is 5.85. The summed E-state index contributed by atoms with van der Waals surface area (Å²) in [6.07, 6.45) is 0.557. The van der Waals surface area contributed by atoms with Crippen LogP contribution < -0.4 is 4.74 Å². The number of likely N-dealkylation sites (N-methyl/N-ethyl adjacent to an activating group) is 1. The number of rotatable bonds is 9. The molecule has 0 aliphatic heterocycles. The molecule has 3 heteroatoms. The van der Waals surface area contributed by atoms with Crippen LogP contribution in [-0.2, 0) is 6.54 Å². The Bertz CT molecular complexity index is 627. The Morgan fingerprint density at radius 1 is 1.00 bits per heavy atom. The standard InChI is InChI=1S/C22H31NO2/c1-17(2)13-14-25-21-12-8-9-19(15-21)16-23(4)18(3)22(24)20-10-6-5-7-11-20/h5-12,15,17-18,22,24H,13-14,16H2,1-4H3. The van der Waals surface area contributed by atoms with E-state index in [1.165, 1.54) is 5.56 Å². The highest BCUT2D eigenvalue weighted by Crippen LogP contribution is 2.22. The maximum absolute atomic E-state index is 10.6. The van der Waals surface area contributed by atoms with E-state index in [1.54, 1.807) is 0 Å². The Morgan fingerprint density at radius 2 is 1.72 bits per heavy atom. The summed E-state index contributed by atoms with van der Waals surface area (Å²) in [5, 5.41) is 10.6. The van der Waals surface area contributed by atoms with Gasteiger partial charge in [0.2, 0.25) is 0 Å². The summed E-state index contributed by atoms with van der Waals surface area (Å²) in [5.41, 5.74) is 2.14. The zero-order chi connectivity index (χ0) is 18.2. The minimum Gasteiger partial charge on any atom is -0.494 e. The lowest BCUT2D eigenvalue weighted by atomic mass is 10.0. The smallest absolute Gasteiger partial charge is 0.119 e. The van der Waals surface area contributed by atoms with E-state index in [2.05, 4.69) is 37.8 Å². The molecule has 0 bridgehead atoms. The molecule has 1 N–H and O–H groups in total. The Kier molecular flexibility index (Phi) is 7.48. The minimum absolute atomic E-state index is 0.0212. The lowest BCUT2D eigenvalue weighted by Crippen LogP contribution is -2.33. The monoisotopic (exact) mass is 341 g/mol. The molecule has 2 atom stereocenters. The molecule has 2 aromatic carbocycles. The van der Waals surface area contributed by atoms with Gasteiger partial charge in [0, 0.05) is 12.6 Å². The normalized spacial score (nSPS) is 13.9. The van der Waals surface area contributed by atoms with E-state index < -0.39 is 6.10 Å². The molecule has 0 aromatic heterocycles. The molecule has 136 valence electrons. The Balaban J connectivity index is 1.94. The minimum atomic E-state index is -0.503. The van der Waals surface area contributed by atoms with Gasteiger partial charge in [0.25, 0.3) is 0 Å². The lowest BCUT2D eigenvalue weighted by molar-refractivity contribution is 0.0688. The summed E-state index contributed by atoms with van der Waals surface area (Å²) in [6, 6.07) is 18.1. The van der Waals surface area contributed by atoms with E-state index in [-0.39, 0.29) is 6.04 Å². The molecule has 0 spiro atoms. The molecule has 0 fully saturated rings. The third-order valence-corrected chi connectivity index (χ3v) is 4.59. The van der Waals surface area contributed by atoms with Crippen molar-refractivity contribution in [2.75, 3.05) is 13.7 Å². The van der Waals surface area contributed by atoms with E-state index in [0.717, 1.165) is 30.9 Å². The van der Waals surface area contributed by atoms with Crippen LogP contribution in [-0.4, -0.2) is 29.7 Å². The van der Waals surface area contributed by atoms with Gasteiger partial charge in [-0.15, -0.1) is 0 Å². The number of aliphatic hydroxyl groups is 1. The highest BCUT2D eigenvalue weighted by Gasteiger charge is 2.20. The van der Waals surface area contributed by atoms with E-state index in [9.17, 15) is 5.11 Å². The van der Waals surface area contributed by atoms with Gasteiger partial charge in [-0.2, -0.15) is 0 Å². The fourth-order valence-corrected chi connectivity index (χ4v) is 2.75. The van der Waals surface area contributed by atoms with Crippen molar-refractivity contribution in [2.45, 2.75) is 45.9 Å². The second-order valence-corrected chi connectivity index (χ2v) is 7.19. The Hall–Kier alpha value is -1.84.